The predicted molar refractivity (Wildman–Crippen MR) is 102 cm³/mol. The molecule has 1 saturated carbocycles. The third-order valence-electron chi connectivity index (χ3n) is 5.23. The van der Waals surface area contributed by atoms with Gasteiger partial charge in [0.25, 0.3) is 0 Å². The van der Waals surface area contributed by atoms with Crippen LogP contribution in [0, 0.1) is 0 Å². The summed E-state index contributed by atoms with van der Waals surface area (Å²) in [7, 11) is 0. The number of fused-ring (bicyclic) bond motifs is 1. The standard InChI is InChI=1S/C21H23ClN2O/c22-18-9-3-4-10-19(18)23-21(25)14-24(16-12-13-16)20-11-5-7-15-6-1-2-8-17(15)20/h1-4,6,8-10,16,20H,5,7,11-14H2,(H,23,25). The van der Waals surface area contributed by atoms with Gasteiger partial charge in [0, 0.05) is 12.1 Å². The Labute approximate surface area is 154 Å². The largest absolute Gasteiger partial charge is 0.324 e. The third kappa shape index (κ3) is 3.73. The number of hydrogen-bond acceptors (Lipinski definition) is 2. The van der Waals surface area contributed by atoms with Crippen LogP contribution in [0.2, 0.25) is 5.02 Å². The molecule has 3 nitrogen and oxygen atoms in total. The van der Waals surface area contributed by atoms with Gasteiger partial charge in [0.05, 0.1) is 17.3 Å². The fourth-order valence-corrected chi connectivity index (χ4v) is 4.07. The van der Waals surface area contributed by atoms with Crippen molar-refractivity contribution in [3.05, 3.63) is 64.7 Å². The molecule has 1 N–H and O–H groups in total. The van der Waals surface area contributed by atoms with Gasteiger partial charge < -0.3 is 5.32 Å². The van der Waals surface area contributed by atoms with E-state index < -0.39 is 0 Å². The molecule has 4 rings (SSSR count). The van der Waals surface area contributed by atoms with Gasteiger partial charge in [-0.05, 0) is 55.4 Å². The number of para-hydroxylation sites is 1. The van der Waals surface area contributed by atoms with Crippen LogP contribution in [0.1, 0.15) is 42.9 Å². The van der Waals surface area contributed by atoms with E-state index in [4.69, 9.17) is 11.6 Å². The average molecular weight is 355 g/mol. The highest BCUT2D eigenvalue weighted by molar-refractivity contribution is 6.33. The topological polar surface area (TPSA) is 32.3 Å². The summed E-state index contributed by atoms with van der Waals surface area (Å²) in [5.41, 5.74) is 3.54. The predicted octanol–water partition coefficient (Wildman–Crippen LogP) is 4.82. The van der Waals surface area contributed by atoms with Gasteiger partial charge in [-0.25, -0.2) is 0 Å². The molecule has 4 heteroatoms. The zero-order valence-corrected chi connectivity index (χ0v) is 15.0. The summed E-state index contributed by atoms with van der Waals surface area (Å²) in [6.07, 6.45) is 5.86. The van der Waals surface area contributed by atoms with Crippen LogP contribution in [0.4, 0.5) is 5.69 Å². The van der Waals surface area contributed by atoms with Crippen molar-refractivity contribution in [3.8, 4) is 0 Å². The Morgan fingerprint density at radius 1 is 1.08 bits per heavy atom. The average Bonchev–Trinajstić information content (AvgIpc) is 3.46. The molecule has 2 aromatic carbocycles. The highest BCUT2D eigenvalue weighted by Gasteiger charge is 2.37. The molecule has 0 spiro atoms. The molecule has 2 aliphatic carbocycles. The van der Waals surface area contributed by atoms with Gasteiger partial charge in [-0.3, -0.25) is 9.69 Å². The molecule has 0 aromatic heterocycles. The van der Waals surface area contributed by atoms with Gasteiger partial charge in [-0.2, -0.15) is 0 Å². The maximum atomic E-state index is 12.7. The zero-order chi connectivity index (χ0) is 17.2. The molecule has 1 atom stereocenters. The number of rotatable bonds is 5. The minimum atomic E-state index is 0.0167. The normalized spacial score (nSPS) is 19.5. The van der Waals surface area contributed by atoms with Crippen LogP contribution in [0.3, 0.4) is 0 Å². The van der Waals surface area contributed by atoms with Crippen LogP contribution < -0.4 is 5.32 Å². The molecule has 1 fully saturated rings. The molecule has 0 heterocycles. The highest BCUT2D eigenvalue weighted by Crippen LogP contribution is 2.40. The minimum Gasteiger partial charge on any atom is -0.324 e. The number of nitrogens with one attached hydrogen (secondary N) is 1. The number of benzene rings is 2. The molecular weight excluding hydrogens is 332 g/mol. The van der Waals surface area contributed by atoms with Gasteiger partial charge in [-0.15, -0.1) is 0 Å². The summed E-state index contributed by atoms with van der Waals surface area (Å²) >= 11 is 6.17. The molecule has 1 unspecified atom stereocenters. The van der Waals surface area contributed by atoms with E-state index in [9.17, 15) is 4.79 Å². The Morgan fingerprint density at radius 2 is 1.84 bits per heavy atom. The molecular formula is C21H23ClN2O. The number of anilines is 1. The van der Waals surface area contributed by atoms with E-state index in [1.165, 1.54) is 30.4 Å². The lowest BCUT2D eigenvalue weighted by molar-refractivity contribution is -0.118. The van der Waals surface area contributed by atoms with E-state index in [1.807, 2.05) is 18.2 Å². The van der Waals surface area contributed by atoms with E-state index >= 15 is 0 Å². The Hall–Kier alpha value is -1.84. The van der Waals surface area contributed by atoms with Crippen LogP contribution >= 0.6 is 11.6 Å². The lowest BCUT2D eigenvalue weighted by Crippen LogP contribution is -2.39. The lowest BCUT2D eigenvalue weighted by atomic mass is 9.86. The van der Waals surface area contributed by atoms with Crippen molar-refractivity contribution < 1.29 is 4.79 Å². The Bertz CT molecular complexity index is 772. The summed E-state index contributed by atoms with van der Waals surface area (Å²) in [4.78, 5) is 15.1. The van der Waals surface area contributed by atoms with Crippen molar-refractivity contribution in [1.82, 2.24) is 4.90 Å². The van der Waals surface area contributed by atoms with Crippen LogP contribution in [0.5, 0.6) is 0 Å². The highest BCUT2D eigenvalue weighted by atomic mass is 35.5. The van der Waals surface area contributed by atoms with Crippen LogP contribution in [-0.4, -0.2) is 23.4 Å². The molecule has 25 heavy (non-hydrogen) atoms. The quantitative estimate of drug-likeness (QED) is 0.834. The van der Waals surface area contributed by atoms with Crippen molar-refractivity contribution in [2.24, 2.45) is 0 Å². The molecule has 0 bridgehead atoms. The summed E-state index contributed by atoms with van der Waals surface area (Å²) in [6, 6.07) is 17.0. The molecule has 1 amide bonds. The first kappa shape index (κ1) is 16.6. The van der Waals surface area contributed by atoms with E-state index in [0.717, 1.165) is 12.8 Å². The molecule has 0 saturated heterocycles. The number of nitrogens with zero attached hydrogens (tertiary/aromatic N) is 1. The first-order valence-electron chi connectivity index (χ1n) is 9.10. The Kier molecular flexibility index (Phi) is 4.78. The van der Waals surface area contributed by atoms with E-state index in [0.29, 0.717) is 29.3 Å². The van der Waals surface area contributed by atoms with Gasteiger partial charge in [0.2, 0.25) is 5.91 Å². The van der Waals surface area contributed by atoms with Crippen molar-refractivity contribution in [1.29, 1.82) is 0 Å². The summed E-state index contributed by atoms with van der Waals surface area (Å²) in [5.74, 6) is 0.0167. The number of halogens is 1. The lowest BCUT2D eigenvalue weighted by Gasteiger charge is -2.35. The molecule has 2 aliphatic rings. The fourth-order valence-electron chi connectivity index (χ4n) is 3.89. The van der Waals surface area contributed by atoms with Gasteiger partial charge in [-0.1, -0.05) is 48.0 Å². The molecule has 0 aliphatic heterocycles. The minimum absolute atomic E-state index is 0.0167. The number of hydrogen-bond donors (Lipinski definition) is 1. The fraction of sp³-hybridized carbons (Fsp3) is 0.381. The first-order chi connectivity index (χ1) is 12.2. The van der Waals surface area contributed by atoms with Crippen LogP contribution in [-0.2, 0) is 11.2 Å². The van der Waals surface area contributed by atoms with Crippen LogP contribution in [0.25, 0.3) is 0 Å². The van der Waals surface area contributed by atoms with Gasteiger partial charge >= 0.3 is 0 Å². The smallest absolute Gasteiger partial charge is 0.238 e. The SMILES string of the molecule is O=C(CN(C1CC1)C1CCCc2ccccc21)Nc1ccccc1Cl. The molecule has 2 aromatic rings. The van der Waals surface area contributed by atoms with Crippen molar-refractivity contribution >= 4 is 23.2 Å². The third-order valence-corrected chi connectivity index (χ3v) is 5.56. The summed E-state index contributed by atoms with van der Waals surface area (Å²) < 4.78 is 0. The second-order valence-corrected chi connectivity index (χ2v) is 7.45. The second kappa shape index (κ2) is 7.19. The number of carbonyl (C=O) groups excluding carboxylic acids is 1. The van der Waals surface area contributed by atoms with Crippen molar-refractivity contribution in [2.45, 2.75) is 44.2 Å². The molecule has 0 radical (unpaired) electrons. The number of aryl methyl sites for hydroxylation is 1. The Balaban J connectivity index is 1.51. The molecule has 130 valence electrons. The van der Waals surface area contributed by atoms with Gasteiger partial charge in [0.15, 0.2) is 0 Å². The maximum absolute atomic E-state index is 12.7. The van der Waals surface area contributed by atoms with E-state index in [1.54, 1.807) is 6.07 Å². The zero-order valence-electron chi connectivity index (χ0n) is 14.2. The summed E-state index contributed by atoms with van der Waals surface area (Å²) in [5, 5.41) is 3.55. The maximum Gasteiger partial charge on any atom is 0.238 e. The number of amides is 1. The Morgan fingerprint density at radius 3 is 2.64 bits per heavy atom. The second-order valence-electron chi connectivity index (χ2n) is 7.04. The van der Waals surface area contributed by atoms with E-state index in [-0.39, 0.29) is 5.91 Å². The van der Waals surface area contributed by atoms with Crippen molar-refractivity contribution in [3.63, 3.8) is 0 Å². The van der Waals surface area contributed by atoms with Crippen molar-refractivity contribution in [2.75, 3.05) is 11.9 Å². The van der Waals surface area contributed by atoms with E-state index in [2.05, 4.69) is 34.5 Å². The first-order valence-corrected chi connectivity index (χ1v) is 9.48. The van der Waals surface area contributed by atoms with Crippen LogP contribution in [0.15, 0.2) is 48.5 Å². The number of carbonyl (C=O) groups is 1. The van der Waals surface area contributed by atoms with Gasteiger partial charge in [0.1, 0.15) is 0 Å². The summed E-state index contributed by atoms with van der Waals surface area (Å²) in [6.45, 7) is 0.425. The monoisotopic (exact) mass is 354 g/mol.